The summed E-state index contributed by atoms with van der Waals surface area (Å²) >= 11 is 5.98. The molecule has 0 amide bonds. The highest BCUT2D eigenvalue weighted by molar-refractivity contribution is 6.33. The van der Waals surface area contributed by atoms with Crippen molar-refractivity contribution in [1.29, 1.82) is 0 Å². The van der Waals surface area contributed by atoms with Gasteiger partial charge in [-0.15, -0.1) is 0 Å². The first kappa shape index (κ1) is 10.8. The molecule has 0 aliphatic carbocycles. The van der Waals surface area contributed by atoms with E-state index in [9.17, 15) is 4.39 Å². The summed E-state index contributed by atoms with van der Waals surface area (Å²) in [5, 5.41) is 3.34. The Morgan fingerprint density at radius 1 is 1.25 bits per heavy atom. The van der Waals surface area contributed by atoms with E-state index in [0.29, 0.717) is 22.1 Å². The zero-order valence-electron chi connectivity index (χ0n) is 8.54. The maximum absolute atomic E-state index is 13.1. The third-order valence-corrected chi connectivity index (χ3v) is 2.46. The second-order valence-electron chi connectivity index (χ2n) is 3.16. The van der Waals surface area contributed by atoms with Crippen LogP contribution in [0.15, 0.2) is 30.6 Å². The van der Waals surface area contributed by atoms with Gasteiger partial charge < -0.3 is 5.32 Å². The molecule has 1 aromatic carbocycles. The lowest BCUT2D eigenvalue weighted by molar-refractivity contribution is 0.628. The van der Waals surface area contributed by atoms with Crippen LogP contribution in [0.25, 0.3) is 11.3 Å². The minimum atomic E-state index is -0.344. The molecule has 1 heterocycles. The van der Waals surface area contributed by atoms with Crippen molar-refractivity contribution in [1.82, 2.24) is 9.97 Å². The van der Waals surface area contributed by atoms with Gasteiger partial charge in [0.15, 0.2) is 0 Å². The van der Waals surface area contributed by atoms with Crippen molar-refractivity contribution in [3.63, 3.8) is 0 Å². The third-order valence-electron chi connectivity index (χ3n) is 2.13. The molecule has 0 radical (unpaired) electrons. The Balaban J connectivity index is 2.53. The number of halogens is 2. The number of aromatic nitrogens is 2. The van der Waals surface area contributed by atoms with Gasteiger partial charge in [0, 0.05) is 18.7 Å². The van der Waals surface area contributed by atoms with Crippen LogP contribution in [0, 0.1) is 5.82 Å². The summed E-state index contributed by atoms with van der Waals surface area (Å²) in [5.41, 5.74) is 1.14. The van der Waals surface area contributed by atoms with Crippen molar-refractivity contribution in [2.24, 2.45) is 0 Å². The SMILES string of the molecule is CNc1cc(-c2cc(F)ccc2Cl)ncn1. The van der Waals surface area contributed by atoms with E-state index in [1.165, 1.54) is 24.5 Å². The Hall–Kier alpha value is -1.68. The smallest absolute Gasteiger partial charge is 0.129 e. The third kappa shape index (κ3) is 2.12. The predicted octanol–water partition coefficient (Wildman–Crippen LogP) is 2.98. The number of anilines is 1. The van der Waals surface area contributed by atoms with Crippen LogP contribution in [0.1, 0.15) is 0 Å². The molecular formula is C11H9ClFN3. The molecule has 0 saturated carbocycles. The number of hydrogen-bond donors (Lipinski definition) is 1. The van der Waals surface area contributed by atoms with Crippen molar-refractivity contribution in [3.05, 3.63) is 41.4 Å². The van der Waals surface area contributed by atoms with Gasteiger partial charge in [-0.1, -0.05) is 11.6 Å². The normalized spacial score (nSPS) is 10.2. The molecule has 0 fully saturated rings. The number of nitrogens with one attached hydrogen (secondary N) is 1. The van der Waals surface area contributed by atoms with E-state index >= 15 is 0 Å². The summed E-state index contributed by atoms with van der Waals surface area (Å²) in [7, 11) is 1.75. The summed E-state index contributed by atoms with van der Waals surface area (Å²) in [4.78, 5) is 8.03. The first-order valence-electron chi connectivity index (χ1n) is 4.66. The molecule has 82 valence electrons. The molecule has 16 heavy (non-hydrogen) atoms. The molecule has 0 aliphatic heterocycles. The Morgan fingerprint density at radius 3 is 2.81 bits per heavy atom. The van der Waals surface area contributed by atoms with E-state index in [1.807, 2.05) is 0 Å². The molecule has 0 bridgehead atoms. The molecule has 0 saturated heterocycles. The maximum Gasteiger partial charge on any atom is 0.129 e. The molecule has 0 unspecified atom stereocenters. The fraction of sp³-hybridized carbons (Fsp3) is 0.0909. The fourth-order valence-corrected chi connectivity index (χ4v) is 1.55. The van der Waals surface area contributed by atoms with Crippen LogP contribution in [0.3, 0.4) is 0 Å². The highest BCUT2D eigenvalue weighted by Crippen LogP contribution is 2.27. The van der Waals surface area contributed by atoms with Crippen LogP contribution in [-0.4, -0.2) is 17.0 Å². The average Bonchev–Trinajstić information content (AvgIpc) is 2.32. The van der Waals surface area contributed by atoms with Gasteiger partial charge in [-0.3, -0.25) is 0 Å². The lowest BCUT2D eigenvalue weighted by Gasteiger charge is -2.05. The van der Waals surface area contributed by atoms with Crippen LogP contribution in [0.4, 0.5) is 10.2 Å². The van der Waals surface area contributed by atoms with E-state index in [-0.39, 0.29) is 5.82 Å². The molecular weight excluding hydrogens is 229 g/mol. The second kappa shape index (κ2) is 4.45. The zero-order valence-corrected chi connectivity index (χ0v) is 9.29. The van der Waals surface area contributed by atoms with Gasteiger partial charge in [-0.2, -0.15) is 0 Å². The van der Waals surface area contributed by atoms with Crippen LogP contribution in [0.2, 0.25) is 5.02 Å². The van der Waals surface area contributed by atoms with Gasteiger partial charge in [0.1, 0.15) is 18.0 Å². The number of benzene rings is 1. The predicted molar refractivity (Wildman–Crippen MR) is 62.0 cm³/mol. The van der Waals surface area contributed by atoms with Crippen LogP contribution < -0.4 is 5.32 Å². The quantitative estimate of drug-likeness (QED) is 0.873. The number of hydrogen-bond acceptors (Lipinski definition) is 3. The summed E-state index contributed by atoms with van der Waals surface area (Å²) in [6.07, 6.45) is 1.41. The summed E-state index contributed by atoms with van der Waals surface area (Å²) < 4.78 is 13.1. The summed E-state index contributed by atoms with van der Waals surface area (Å²) in [5.74, 6) is 0.314. The molecule has 3 nitrogen and oxygen atoms in total. The largest absolute Gasteiger partial charge is 0.373 e. The lowest BCUT2D eigenvalue weighted by Crippen LogP contribution is -1.94. The molecule has 0 aliphatic rings. The first-order valence-corrected chi connectivity index (χ1v) is 5.03. The van der Waals surface area contributed by atoms with Crippen LogP contribution >= 0.6 is 11.6 Å². The molecule has 0 spiro atoms. The lowest BCUT2D eigenvalue weighted by atomic mass is 10.1. The Morgan fingerprint density at radius 2 is 2.06 bits per heavy atom. The van der Waals surface area contributed by atoms with E-state index in [0.717, 1.165) is 0 Å². The van der Waals surface area contributed by atoms with Crippen molar-refractivity contribution >= 4 is 17.4 Å². The summed E-state index contributed by atoms with van der Waals surface area (Å²) in [6.45, 7) is 0. The monoisotopic (exact) mass is 237 g/mol. The molecule has 1 N–H and O–H groups in total. The van der Waals surface area contributed by atoms with Gasteiger partial charge in [0.2, 0.25) is 0 Å². The summed E-state index contributed by atoms with van der Waals surface area (Å²) in [6, 6.07) is 5.88. The van der Waals surface area contributed by atoms with Crippen LogP contribution in [0.5, 0.6) is 0 Å². The van der Waals surface area contributed by atoms with Gasteiger partial charge in [0.25, 0.3) is 0 Å². The standard InChI is InChI=1S/C11H9ClFN3/c1-14-11-5-10(15-6-16-11)8-4-7(13)2-3-9(8)12/h2-6H,1H3,(H,14,15,16). The van der Waals surface area contributed by atoms with Crippen LogP contribution in [-0.2, 0) is 0 Å². The van der Waals surface area contributed by atoms with Gasteiger partial charge in [0.05, 0.1) is 10.7 Å². The average molecular weight is 238 g/mol. The Bertz CT molecular complexity index is 516. The fourth-order valence-electron chi connectivity index (χ4n) is 1.34. The number of nitrogens with zero attached hydrogens (tertiary/aromatic N) is 2. The van der Waals surface area contributed by atoms with E-state index in [4.69, 9.17) is 11.6 Å². The maximum atomic E-state index is 13.1. The highest BCUT2D eigenvalue weighted by Gasteiger charge is 2.07. The molecule has 1 aromatic heterocycles. The van der Waals surface area contributed by atoms with Gasteiger partial charge >= 0.3 is 0 Å². The van der Waals surface area contributed by atoms with Crippen molar-refractivity contribution < 1.29 is 4.39 Å². The Kier molecular flexibility index (Phi) is 3.01. The first-order chi connectivity index (χ1) is 7.70. The molecule has 0 atom stereocenters. The van der Waals surface area contributed by atoms with Crippen molar-refractivity contribution in [2.45, 2.75) is 0 Å². The molecule has 2 rings (SSSR count). The van der Waals surface area contributed by atoms with Gasteiger partial charge in [-0.25, -0.2) is 14.4 Å². The van der Waals surface area contributed by atoms with E-state index < -0.39 is 0 Å². The van der Waals surface area contributed by atoms with Crippen molar-refractivity contribution in [2.75, 3.05) is 12.4 Å². The Labute approximate surface area is 97.3 Å². The van der Waals surface area contributed by atoms with Crippen molar-refractivity contribution in [3.8, 4) is 11.3 Å². The number of rotatable bonds is 2. The second-order valence-corrected chi connectivity index (χ2v) is 3.57. The topological polar surface area (TPSA) is 37.8 Å². The molecule has 5 heteroatoms. The van der Waals surface area contributed by atoms with E-state index in [2.05, 4.69) is 15.3 Å². The van der Waals surface area contributed by atoms with Gasteiger partial charge in [-0.05, 0) is 18.2 Å². The highest BCUT2D eigenvalue weighted by atomic mass is 35.5. The zero-order chi connectivity index (χ0) is 11.5. The minimum absolute atomic E-state index is 0.344. The molecule has 2 aromatic rings. The van der Waals surface area contributed by atoms with E-state index in [1.54, 1.807) is 13.1 Å². The minimum Gasteiger partial charge on any atom is -0.373 e.